The predicted molar refractivity (Wildman–Crippen MR) is 81.7 cm³/mol. The van der Waals surface area contributed by atoms with Gasteiger partial charge in [-0.25, -0.2) is 0 Å². The van der Waals surface area contributed by atoms with Gasteiger partial charge in [-0.2, -0.15) is 4.98 Å². The Kier molecular flexibility index (Phi) is 3.70. The van der Waals surface area contributed by atoms with Crippen molar-refractivity contribution in [2.75, 3.05) is 0 Å². The fraction of sp³-hybridized carbons (Fsp3) is 0.133. The van der Waals surface area contributed by atoms with E-state index < -0.39 is 0 Å². The van der Waals surface area contributed by atoms with Crippen LogP contribution in [-0.2, 0) is 6.42 Å². The van der Waals surface area contributed by atoms with Gasteiger partial charge in [0.25, 0.3) is 5.89 Å². The second-order valence-corrected chi connectivity index (χ2v) is 5.36. The van der Waals surface area contributed by atoms with E-state index in [0.717, 1.165) is 16.5 Å². The molecule has 21 heavy (non-hydrogen) atoms. The van der Waals surface area contributed by atoms with Crippen LogP contribution in [0.4, 0.5) is 0 Å². The van der Waals surface area contributed by atoms with Crippen LogP contribution in [0, 0.1) is 0 Å². The first-order valence-electron chi connectivity index (χ1n) is 6.46. The summed E-state index contributed by atoms with van der Waals surface area (Å²) in [5.74, 6) is 0.767. The Morgan fingerprint density at radius 1 is 1.29 bits per heavy atom. The van der Waals surface area contributed by atoms with Crippen LogP contribution >= 0.6 is 15.9 Å². The van der Waals surface area contributed by atoms with Crippen molar-refractivity contribution in [1.29, 1.82) is 0 Å². The van der Waals surface area contributed by atoms with Gasteiger partial charge in [0.15, 0.2) is 0 Å². The summed E-state index contributed by atoms with van der Waals surface area (Å²) in [7, 11) is 0. The van der Waals surface area contributed by atoms with Gasteiger partial charge in [-0.1, -0.05) is 34.1 Å². The lowest BCUT2D eigenvalue weighted by atomic mass is 10.1. The zero-order chi connectivity index (χ0) is 14.8. The molecular formula is C15H12BrN3O2. The lowest BCUT2D eigenvalue weighted by molar-refractivity contribution is 0.425. The van der Waals surface area contributed by atoms with Crippen molar-refractivity contribution >= 4 is 15.9 Å². The summed E-state index contributed by atoms with van der Waals surface area (Å²) in [6, 6.07) is 8.90. The number of aromatic hydroxyl groups is 1. The molecule has 3 rings (SSSR count). The molecule has 2 aromatic heterocycles. The van der Waals surface area contributed by atoms with E-state index in [-0.39, 0.29) is 11.6 Å². The third-order valence-corrected chi connectivity index (χ3v) is 3.59. The molecule has 0 aliphatic heterocycles. The van der Waals surface area contributed by atoms with Crippen LogP contribution in [0.15, 0.2) is 45.5 Å². The van der Waals surface area contributed by atoms with Gasteiger partial charge in [0, 0.05) is 10.7 Å². The van der Waals surface area contributed by atoms with Crippen molar-refractivity contribution in [3.8, 4) is 28.7 Å². The molecule has 0 aliphatic carbocycles. The molecule has 2 heterocycles. The Morgan fingerprint density at radius 2 is 2.14 bits per heavy atom. The maximum absolute atomic E-state index is 9.90. The second-order valence-electron chi connectivity index (χ2n) is 4.45. The number of rotatable bonds is 3. The Hall–Kier alpha value is -2.21. The largest absolute Gasteiger partial charge is 0.507 e. The van der Waals surface area contributed by atoms with Crippen LogP contribution < -0.4 is 0 Å². The Labute approximate surface area is 129 Å². The van der Waals surface area contributed by atoms with Crippen molar-refractivity contribution in [1.82, 2.24) is 15.1 Å². The number of benzene rings is 1. The fourth-order valence-corrected chi connectivity index (χ4v) is 2.39. The quantitative estimate of drug-likeness (QED) is 0.780. The summed E-state index contributed by atoms with van der Waals surface area (Å²) in [5.41, 5.74) is 2.23. The van der Waals surface area contributed by atoms with Gasteiger partial charge in [-0.3, -0.25) is 4.98 Å². The third-order valence-electron chi connectivity index (χ3n) is 3.10. The maximum Gasteiger partial charge on any atom is 0.262 e. The summed E-state index contributed by atoms with van der Waals surface area (Å²) in [6.07, 6.45) is 2.52. The number of hydrogen-bond donors (Lipinski definition) is 1. The van der Waals surface area contributed by atoms with Gasteiger partial charge in [0.2, 0.25) is 5.82 Å². The van der Waals surface area contributed by atoms with Gasteiger partial charge in [-0.05, 0) is 36.2 Å². The molecule has 0 saturated carbocycles. The first-order valence-corrected chi connectivity index (χ1v) is 7.25. The van der Waals surface area contributed by atoms with Crippen LogP contribution in [-0.4, -0.2) is 20.2 Å². The highest BCUT2D eigenvalue weighted by molar-refractivity contribution is 9.10. The molecule has 0 unspecified atom stereocenters. The third kappa shape index (κ3) is 2.67. The Morgan fingerprint density at radius 3 is 2.95 bits per heavy atom. The van der Waals surface area contributed by atoms with Crippen molar-refractivity contribution in [2.45, 2.75) is 13.3 Å². The molecule has 3 aromatic rings. The van der Waals surface area contributed by atoms with Crippen LogP contribution in [0.3, 0.4) is 0 Å². The number of phenolic OH excluding ortho intramolecular Hbond substituents is 1. The SMILES string of the molecule is CCc1cccnc1-c1noc(-c2cc(Br)ccc2O)n1. The predicted octanol–water partition coefficient (Wildman–Crippen LogP) is 3.83. The molecule has 1 N–H and O–H groups in total. The van der Waals surface area contributed by atoms with Crippen LogP contribution in [0.2, 0.25) is 0 Å². The number of nitrogens with zero attached hydrogens (tertiary/aromatic N) is 3. The minimum absolute atomic E-state index is 0.0881. The number of phenols is 1. The minimum atomic E-state index is 0.0881. The van der Waals surface area contributed by atoms with Crippen LogP contribution in [0.25, 0.3) is 23.0 Å². The topological polar surface area (TPSA) is 72.0 Å². The first-order chi connectivity index (χ1) is 10.2. The summed E-state index contributed by atoms with van der Waals surface area (Å²) in [4.78, 5) is 8.65. The van der Waals surface area contributed by atoms with Crippen molar-refractivity contribution < 1.29 is 9.63 Å². The summed E-state index contributed by atoms with van der Waals surface area (Å²) in [5, 5.41) is 13.9. The average Bonchev–Trinajstić information content (AvgIpc) is 2.99. The standard InChI is InChI=1S/C15H12BrN3O2/c1-2-9-4-3-7-17-13(9)14-18-15(21-19-14)11-8-10(16)5-6-12(11)20/h3-8,20H,2H2,1H3. The van der Waals surface area contributed by atoms with Gasteiger partial charge in [0.1, 0.15) is 11.4 Å². The lowest BCUT2D eigenvalue weighted by Crippen LogP contribution is -1.92. The number of pyridine rings is 1. The van der Waals surface area contributed by atoms with E-state index >= 15 is 0 Å². The zero-order valence-electron chi connectivity index (χ0n) is 11.2. The van der Waals surface area contributed by atoms with Crippen LogP contribution in [0.5, 0.6) is 5.75 Å². The summed E-state index contributed by atoms with van der Waals surface area (Å²) < 4.78 is 6.08. The average molecular weight is 346 g/mol. The Bertz CT molecular complexity index is 786. The highest BCUT2D eigenvalue weighted by Crippen LogP contribution is 2.32. The van der Waals surface area contributed by atoms with Crippen molar-refractivity contribution in [2.24, 2.45) is 0 Å². The second kappa shape index (κ2) is 5.65. The highest BCUT2D eigenvalue weighted by Gasteiger charge is 2.16. The molecule has 0 saturated heterocycles. The number of aryl methyl sites for hydroxylation is 1. The molecule has 0 aliphatic rings. The molecule has 0 fully saturated rings. The summed E-state index contributed by atoms with van der Waals surface area (Å²) in [6.45, 7) is 2.04. The van der Waals surface area contributed by atoms with E-state index in [9.17, 15) is 5.11 Å². The lowest BCUT2D eigenvalue weighted by Gasteiger charge is -2.01. The molecular weight excluding hydrogens is 334 g/mol. The van der Waals surface area contributed by atoms with Gasteiger partial charge in [0.05, 0.1) is 5.56 Å². The molecule has 0 bridgehead atoms. The fourth-order valence-electron chi connectivity index (χ4n) is 2.03. The van der Waals surface area contributed by atoms with E-state index in [2.05, 4.69) is 31.1 Å². The molecule has 106 valence electrons. The number of aromatic nitrogens is 3. The van der Waals surface area contributed by atoms with Crippen LogP contribution in [0.1, 0.15) is 12.5 Å². The number of hydrogen-bond acceptors (Lipinski definition) is 5. The Balaban J connectivity index is 2.06. The molecule has 1 aromatic carbocycles. The summed E-state index contributed by atoms with van der Waals surface area (Å²) >= 11 is 3.35. The minimum Gasteiger partial charge on any atom is -0.507 e. The monoisotopic (exact) mass is 345 g/mol. The van der Waals surface area contributed by atoms with Gasteiger partial charge in [-0.15, -0.1) is 0 Å². The van der Waals surface area contributed by atoms with Crippen molar-refractivity contribution in [3.05, 3.63) is 46.6 Å². The van der Waals surface area contributed by atoms with E-state index in [1.807, 2.05) is 19.1 Å². The van der Waals surface area contributed by atoms with E-state index in [4.69, 9.17) is 4.52 Å². The molecule has 0 amide bonds. The van der Waals surface area contributed by atoms with E-state index in [0.29, 0.717) is 17.1 Å². The zero-order valence-corrected chi connectivity index (χ0v) is 12.8. The van der Waals surface area contributed by atoms with Gasteiger partial charge >= 0.3 is 0 Å². The van der Waals surface area contributed by atoms with E-state index in [1.54, 1.807) is 24.4 Å². The molecule has 6 heteroatoms. The molecule has 0 radical (unpaired) electrons. The number of halogens is 1. The highest BCUT2D eigenvalue weighted by atomic mass is 79.9. The normalized spacial score (nSPS) is 10.8. The van der Waals surface area contributed by atoms with Crippen molar-refractivity contribution in [3.63, 3.8) is 0 Å². The van der Waals surface area contributed by atoms with E-state index in [1.165, 1.54) is 0 Å². The molecule has 0 atom stereocenters. The smallest absolute Gasteiger partial charge is 0.262 e. The molecule has 0 spiro atoms. The van der Waals surface area contributed by atoms with Gasteiger partial charge < -0.3 is 9.63 Å². The molecule has 5 nitrogen and oxygen atoms in total. The maximum atomic E-state index is 9.90. The first kappa shape index (κ1) is 13.8.